The van der Waals surface area contributed by atoms with Crippen LogP contribution in [-0.4, -0.2) is 15.0 Å². The van der Waals surface area contributed by atoms with Gasteiger partial charge in [-0.25, -0.2) is 15.0 Å². The highest BCUT2D eigenvalue weighted by Crippen LogP contribution is 2.44. The highest BCUT2D eigenvalue weighted by Gasteiger charge is 2.20. The number of furan rings is 1. The van der Waals surface area contributed by atoms with Crippen molar-refractivity contribution in [3.05, 3.63) is 224 Å². The minimum Gasteiger partial charge on any atom is -0.455 e. The van der Waals surface area contributed by atoms with Gasteiger partial charge in [0.1, 0.15) is 11.2 Å². The lowest BCUT2D eigenvalue weighted by atomic mass is 9.95. The molecule has 12 aromatic rings. The molecule has 0 unspecified atom stereocenters. The Balaban J connectivity index is 0.984. The molecular weight excluding hydrogens is 767 g/mol. The van der Waals surface area contributed by atoms with E-state index in [9.17, 15) is 0 Å². The van der Waals surface area contributed by atoms with Crippen LogP contribution >= 0.6 is 0 Å². The fourth-order valence-corrected chi connectivity index (χ4v) is 9.02. The molecule has 0 atom stereocenters. The first-order valence-electron chi connectivity index (χ1n) is 21.3. The van der Waals surface area contributed by atoms with E-state index in [1.165, 1.54) is 0 Å². The van der Waals surface area contributed by atoms with E-state index >= 15 is 0 Å². The molecule has 4 heteroatoms. The number of fused-ring (bicyclic) bond motifs is 7. The summed E-state index contributed by atoms with van der Waals surface area (Å²) in [6, 6.07) is 78.4. The van der Waals surface area contributed by atoms with Crippen LogP contribution in [0.1, 0.15) is 0 Å². The summed E-state index contributed by atoms with van der Waals surface area (Å²) in [4.78, 5) is 15.6. The van der Waals surface area contributed by atoms with Gasteiger partial charge in [0.15, 0.2) is 5.82 Å². The number of benzene rings is 9. The number of para-hydroxylation sites is 2. The molecule has 0 amide bonds. The van der Waals surface area contributed by atoms with E-state index in [0.717, 1.165) is 116 Å². The zero-order chi connectivity index (χ0) is 41.7. The van der Waals surface area contributed by atoms with Gasteiger partial charge in [-0.3, -0.25) is 0 Å². The van der Waals surface area contributed by atoms with E-state index in [-0.39, 0.29) is 0 Å². The van der Waals surface area contributed by atoms with Crippen LogP contribution in [-0.2, 0) is 0 Å². The first-order valence-corrected chi connectivity index (χ1v) is 21.3. The molecule has 0 N–H and O–H groups in total. The Hall–Kier alpha value is -8.47. The van der Waals surface area contributed by atoms with Crippen LogP contribution in [0, 0.1) is 0 Å². The fourth-order valence-electron chi connectivity index (χ4n) is 9.02. The molecule has 63 heavy (non-hydrogen) atoms. The Morgan fingerprint density at radius 3 is 1.56 bits per heavy atom. The number of rotatable bonds is 7. The third-order valence-corrected chi connectivity index (χ3v) is 12.1. The molecule has 3 heterocycles. The molecular formula is C59H37N3O. The highest BCUT2D eigenvalue weighted by atomic mass is 16.3. The van der Waals surface area contributed by atoms with Crippen molar-refractivity contribution in [3.8, 4) is 78.5 Å². The second kappa shape index (κ2) is 15.2. The van der Waals surface area contributed by atoms with E-state index < -0.39 is 0 Å². The van der Waals surface area contributed by atoms with Crippen molar-refractivity contribution >= 4 is 43.6 Å². The van der Waals surface area contributed by atoms with Crippen molar-refractivity contribution in [2.24, 2.45) is 0 Å². The molecule has 0 bridgehead atoms. The van der Waals surface area contributed by atoms with Crippen LogP contribution in [0.4, 0.5) is 0 Å². The molecule has 9 aromatic carbocycles. The third kappa shape index (κ3) is 6.53. The van der Waals surface area contributed by atoms with Crippen LogP contribution in [0.3, 0.4) is 0 Å². The SMILES string of the molecule is c1ccc(-c2cccc(-c3cc(-c4ccc(-c5cccc6c5oc5ccc7c(-c8ccccc8)nc8ccccc8c7c56)cc4)nc(-c4cccc(-c5ccccc5)c4)n3)c2)cc1. The molecule has 0 aliphatic heterocycles. The van der Waals surface area contributed by atoms with Crippen molar-refractivity contribution in [1.82, 2.24) is 15.0 Å². The van der Waals surface area contributed by atoms with Crippen LogP contribution in [0.25, 0.3) is 122 Å². The number of nitrogens with zero attached hydrogens (tertiary/aromatic N) is 3. The molecule has 0 aliphatic carbocycles. The van der Waals surface area contributed by atoms with Gasteiger partial charge in [-0.1, -0.05) is 188 Å². The van der Waals surface area contributed by atoms with Crippen LogP contribution in [0.5, 0.6) is 0 Å². The van der Waals surface area contributed by atoms with Crippen LogP contribution < -0.4 is 0 Å². The van der Waals surface area contributed by atoms with Gasteiger partial charge in [0, 0.05) is 54.7 Å². The van der Waals surface area contributed by atoms with E-state index in [1.54, 1.807) is 0 Å². The van der Waals surface area contributed by atoms with E-state index in [0.29, 0.717) is 5.82 Å². The van der Waals surface area contributed by atoms with Crippen molar-refractivity contribution in [3.63, 3.8) is 0 Å². The Kier molecular flexibility index (Phi) is 8.79. The molecule has 4 nitrogen and oxygen atoms in total. The van der Waals surface area contributed by atoms with Crippen LogP contribution in [0.15, 0.2) is 229 Å². The maximum Gasteiger partial charge on any atom is 0.160 e. The minimum absolute atomic E-state index is 0.673. The Morgan fingerprint density at radius 1 is 0.302 bits per heavy atom. The fraction of sp³-hybridized carbons (Fsp3) is 0. The Morgan fingerprint density at radius 2 is 0.841 bits per heavy atom. The topological polar surface area (TPSA) is 51.8 Å². The number of hydrogen-bond donors (Lipinski definition) is 0. The predicted molar refractivity (Wildman–Crippen MR) is 260 cm³/mol. The lowest BCUT2D eigenvalue weighted by Crippen LogP contribution is -1.96. The summed E-state index contributed by atoms with van der Waals surface area (Å²) >= 11 is 0. The van der Waals surface area contributed by atoms with Crippen molar-refractivity contribution < 1.29 is 4.42 Å². The highest BCUT2D eigenvalue weighted by molar-refractivity contribution is 6.29. The third-order valence-electron chi connectivity index (χ3n) is 12.1. The number of pyridine rings is 1. The lowest BCUT2D eigenvalue weighted by Gasteiger charge is -2.12. The molecule has 0 spiro atoms. The summed E-state index contributed by atoms with van der Waals surface area (Å²) < 4.78 is 6.83. The average Bonchev–Trinajstić information content (AvgIpc) is 3.76. The zero-order valence-corrected chi connectivity index (χ0v) is 34.1. The van der Waals surface area contributed by atoms with Crippen molar-refractivity contribution in [2.45, 2.75) is 0 Å². The monoisotopic (exact) mass is 803 g/mol. The van der Waals surface area contributed by atoms with Crippen molar-refractivity contribution in [2.75, 3.05) is 0 Å². The second-order valence-corrected chi connectivity index (χ2v) is 15.9. The summed E-state index contributed by atoms with van der Waals surface area (Å²) in [5, 5.41) is 5.55. The van der Waals surface area contributed by atoms with Gasteiger partial charge in [-0.2, -0.15) is 0 Å². The van der Waals surface area contributed by atoms with Gasteiger partial charge in [0.25, 0.3) is 0 Å². The average molecular weight is 804 g/mol. The smallest absolute Gasteiger partial charge is 0.160 e. The normalized spacial score (nSPS) is 11.5. The molecule has 12 rings (SSSR count). The molecule has 0 fully saturated rings. The zero-order valence-electron chi connectivity index (χ0n) is 34.1. The van der Waals surface area contributed by atoms with Crippen molar-refractivity contribution in [1.29, 1.82) is 0 Å². The van der Waals surface area contributed by atoms with Gasteiger partial charge in [0.05, 0.1) is 22.6 Å². The summed E-state index contributed by atoms with van der Waals surface area (Å²) in [6.45, 7) is 0. The Labute approximate surface area is 364 Å². The van der Waals surface area contributed by atoms with E-state index in [4.69, 9.17) is 19.4 Å². The lowest BCUT2D eigenvalue weighted by molar-refractivity contribution is 0.670. The molecule has 0 radical (unpaired) electrons. The van der Waals surface area contributed by atoms with E-state index in [1.807, 2.05) is 18.2 Å². The number of hydrogen-bond acceptors (Lipinski definition) is 4. The Bertz CT molecular complexity index is 3550. The first-order chi connectivity index (χ1) is 31.2. The molecule has 0 saturated heterocycles. The van der Waals surface area contributed by atoms with Gasteiger partial charge in [-0.15, -0.1) is 0 Å². The minimum atomic E-state index is 0.673. The van der Waals surface area contributed by atoms with Crippen LogP contribution in [0.2, 0.25) is 0 Å². The van der Waals surface area contributed by atoms with Gasteiger partial charge in [0.2, 0.25) is 0 Å². The summed E-state index contributed by atoms with van der Waals surface area (Å²) in [7, 11) is 0. The summed E-state index contributed by atoms with van der Waals surface area (Å²) in [6.07, 6.45) is 0. The molecule has 294 valence electrons. The standard InChI is InChI=1S/C59H37N3O/c1-4-15-38(16-5-1)43-21-12-23-45(35-43)53-37-52(61-59(62-53)46-24-13-22-44(36-46)39-17-6-2-7-18-39)41-31-29-40(30-32-41)47-26-14-27-50-56-54(63-58(47)50)34-33-49-55(56)48-25-10-11-28-51(48)60-57(49)42-19-8-3-9-20-42/h1-37H. The van der Waals surface area contributed by atoms with E-state index in [2.05, 4.69) is 206 Å². The van der Waals surface area contributed by atoms with Gasteiger partial charge < -0.3 is 4.42 Å². The maximum atomic E-state index is 6.83. The molecule has 3 aromatic heterocycles. The first kappa shape index (κ1) is 36.4. The van der Waals surface area contributed by atoms with Gasteiger partial charge >= 0.3 is 0 Å². The number of aromatic nitrogens is 3. The molecule has 0 aliphatic rings. The van der Waals surface area contributed by atoms with Gasteiger partial charge in [-0.05, 0) is 64.2 Å². The second-order valence-electron chi connectivity index (χ2n) is 15.9. The molecule has 0 saturated carbocycles. The quantitative estimate of drug-likeness (QED) is 0.151. The predicted octanol–water partition coefficient (Wildman–Crippen LogP) is 15.7. The summed E-state index contributed by atoms with van der Waals surface area (Å²) in [5.41, 5.74) is 16.1. The maximum absolute atomic E-state index is 6.83. The largest absolute Gasteiger partial charge is 0.455 e. The summed E-state index contributed by atoms with van der Waals surface area (Å²) in [5.74, 6) is 0.673.